The van der Waals surface area contributed by atoms with Crippen molar-refractivity contribution < 1.29 is 4.92 Å². The van der Waals surface area contributed by atoms with Crippen molar-refractivity contribution in [2.45, 2.75) is 13.1 Å². The second kappa shape index (κ2) is 4.74. The summed E-state index contributed by atoms with van der Waals surface area (Å²) in [5.74, 6) is 5.69. The molecule has 8 heteroatoms. The minimum atomic E-state index is -0.487. The molecule has 1 aromatic heterocycles. The zero-order valence-corrected chi connectivity index (χ0v) is 10.5. The monoisotopic (exact) mass is 272 g/mol. The maximum absolute atomic E-state index is 11.1. The summed E-state index contributed by atoms with van der Waals surface area (Å²) in [5.41, 5.74) is 4.46. The van der Waals surface area contributed by atoms with Gasteiger partial charge in [-0.25, -0.2) is 10.8 Å². The first kappa shape index (κ1) is 12.3. The van der Waals surface area contributed by atoms with Gasteiger partial charge in [-0.15, -0.1) is 0 Å². The van der Waals surface area contributed by atoms with Crippen LogP contribution in [0.2, 0.25) is 0 Å². The van der Waals surface area contributed by atoms with Crippen molar-refractivity contribution in [3.8, 4) is 0 Å². The van der Waals surface area contributed by atoms with Crippen molar-refractivity contribution in [2.24, 2.45) is 5.84 Å². The Balaban J connectivity index is 2.00. The maximum Gasteiger partial charge on any atom is 0.329 e. The second-order valence-corrected chi connectivity index (χ2v) is 4.43. The molecule has 1 aliphatic heterocycles. The van der Waals surface area contributed by atoms with E-state index in [2.05, 4.69) is 15.4 Å². The number of anilines is 2. The van der Waals surface area contributed by atoms with Crippen LogP contribution >= 0.6 is 0 Å². The van der Waals surface area contributed by atoms with Crippen LogP contribution in [0.25, 0.3) is 0 Å². The largest absolute Gasteiger partial charge is 0.342 e. The predicted molar refractivity (Wildman–Crippen MR) is 72.8 cm³/mol. The van der Waals surface area contributed by atoms with E-state index in [1.54, 1.807) is 0 Å². The van der Waals surface area contributed by atoms with Gasteiger partial charge in [-0.05, 0) is 11.1 Å². The lowest BCUT2D eigenvalue weighted by Crippen LogP contribution is -2.20. The van der Waals surface area contributed by atoms with E-state index in [4.69, 9.17) is 5.84 Å². The third-order valence-electron chi connectivity index (χ3n) is 3.22. The van der Waals surface area contributed by atoms with E-state index in [0.717, 1.165) is 11.1 Å². The van der Waals surface area contributed by atoms with Gasteiger partial charge in [0.05, 0.1) is 4.92 Å². The molecule has 3 N–H and O–H groups in total. The highest BCUT2D eigenvalue weighted by molar-refractivity contribution is 5.61. The molecule has 3 rings (SSSR count). The first-order chi connectivity index (χ1) is 9.69. The highest BCUT2D eigenvalue weighted by atomic mass is 16.6. The molecule has 0 unspecified atom stereocenters. The standard InChI is InChI=1S/C12H12N6O2/c13-16-12-14-5-10(18(19)20)11(15-12)17-6-8-3-1-2-4-9(8)7-17/h1-5H,6-7,13H2,(H,14,15,16). The summed E-state index contributed by atoms with van der Waals surface area (Å²) in [5, 5.41) is 11.1. The summed E-state index contributed by atoms with van der Waals surface area (Å²) in [6, 6.07) is 7.90. The first-order valence-corrected chi connectivity index (χ1v) is 5.99. The van der Waals surface area contributed by atoms with Gasteiger partial charge in [0.15, 0.2) is 0 Å². The number of rotatable bonds is 3. The van der Waals surface area contributed by atoms with Crippen LogP contribution < -0.4 is 16.2 Å². The van der Waals surface area contributed by atoms with Crippen molar-refractivity contribution in [2.75, 3.05) is 10.3 Å². The Morgan fingerprint density at radius 2 is 1.95 bits per heavy atom. The molecule has 0 saturated carbocycles. The lowest BCUT2D eigenvalue weighted by atomic mass is 10.1. The molecule has 8 nitrogen and oxygen atoms in total. The van der Waals surface area contributed by atoms with E-state index in [-0.39, 0.29) is 17.5 Å². The third kappa shape index (κ3) is 2.01. The van der Waals surface area contributed by atoms with E-state index in [1.807, 2.05) is 29.2 Å². The van der Waals surface area contributed by atoms with Crippen molar-refractivity contribution in [1.82, 2.24) is 9.97 Å². The molecule has 102 valence electrons. The molecule has 20 heavy (non-hydrogen) atoms. The van der Waals surface area contributed by atoms with E-state index >= 15 is 0 Å². The minimum absolute atomic E-state index is 0.128. The molecule has 1 aliphatic rings. The summed E-state index contributed by atoms with van der Waals surface area (Å²) in [6.07, 6.45) is 1.17. The molecule has 0 radical (unpaired) electrons. The number of hydrogen-bond donors (Lipinski definition) is 2. The molecule has 0 spiro atoms. The number of nitrogens with one attached hydrogen (secondary N) is 1. The van der Waals surface area contributed by atoms with Crippen LogP contribution in [-0.2, 0) is 13.1 Å². The number of nitrogens with two attached hydrogens (primary N) is 1. The van der Waals surface area contributed by atoms with Gasteiger partial charge >= 0.3 is 5.69 Å². The van der Waals surface area contributed by atoms with Crippen LogP contribution in [0.4, 0.5) is 17.5 Å². The van der Waals surface area contributed by atoms with Crippen molar-refractivity contribution in [1.29, 1.82) is 0 Å². The zero-order chi connectivity index (χ0) is 14.1. The number of nitrogens with zero attached hydrogens (tertiary/aromatic N) is 4. The molecule has 2 aromatic rings. The van der Waals surface area contributed by atoms with E-state index < -0.39 is 4.92 Å². The Morgan fingerprint density at radius 3 is 2.50 bits per heavy atom. The molecule has 0 bridgehead atoms. The third-order valence-corrected chi connectivity index (χ3v) is 3.22. The van der Waals surface area contributed by atoms with Gasteiger partial charge in [0.1, 0.15) is 6.20 Å². The summed E-state index contributed by atoms with van der Waals surface area (Å²) < 4.78 is 0. The van der Waals surface area contributed by atoms with Gasteiger partial charge in [0.2, 0.25) is 11.8 Å². The Morgan fingerprint density at radius 1 is 1.30 bits per heavy atom. The Kier molecular flexibility index (Phi) is 2.92. The van der Waals surface area contributed by atoms with E-state index in [0.29, 0.717) is 13.1 Å². The number of aromatic nitrogens is 2. The Labute approximate surface area is 114 Å². The average molecular weight is 272 g/mol. The van der Waals surface area contributed by atoms with Crippen molar-refractivity contribution in [3.05, 3.63) is 51.7 Å². The fourth-order valence-electron chi connectivity index (χ4n) is 2.28. The number of benzene rings is 1. The van der Waals surface area contributed by atoms with Gasteiger partial charge in [-0.1, -0.05) is 24.3 Å². The van der Waals surface area contributed by atoms with E-state index in [1.165, 1.54) is 6.20 Å². The topological polar surface area (TPSA) is 110 Å². The average Bonchev–Trinajstić information content (AvgIpc) is 2.90. The van der Waals surface area contributed by atoms with E-state index in [9.17, 15) is 10.1 Å². The number of nitro groups is 1. The van der Waals surface area contributed by atoms with Gasteiger partial charge in [0.25, 0.3) is 0 Å². The quantitative estimate of drug-likeness (QED) is 0.490. The normalized spacial score (nSPS) is 13.2. The summed E-state index contributed by atoms with van der Waals surface area (Å²) >= 11 is 0. The number of fused-ring (bicyclic) bond motifs is 1. The summed E-state index contributed by atoms with van der Waals surface area (Å²) in [4.78, 5) is 20.3. The first-order valence-electron chi connectivity index (χ1n) is 5.99. The van der Waals surface area contributed by atoms with Crippen LogP contribution in [0.5, 0.6) is 0 Å². The smallest absolute Gasteiger partial charge is 0.329 e. The van der Waals surface area contributed by atoms with Crippen LogP contribution in [-0.4, -0.2) is 14.9 Å². The molecule has 0 fully saturated rings. The summed E-state index contributed by atoms with van der Waals surface area (Å²) in [6.45, 7) is 1.16. The van der Waals surface area contributed by atoms with Gasteiger partial charge in [0, 0.05) is 13.1 Å². The molecule has 0 saturated heterocycles. The second-order valence-electron chi connectivity index (χ2n) is 4.43. The molecule has 1 aromatic carbocycles. The van der Waals surface area contributed by atoms with Crippen LogP contribution in [0.1, 0.15) is 11.1 Å². The van der Waals surface area contributed by atoms with Crippen molar-refractivity contribution >= 4 is 17.5 Å². The highest BCUT2D eigenvalue weighted by Gasteiger charge is 2.27. The number of hydrazine groups is 1. The Hall–Kier alpha value is -2.74. The Bertz CT molecular complexity index is 650. The van der Waals surface area contributed by atoms with Crippen LogP contribution in [0, 0.1) is 10.1 Å². The predicted octanol–water partition coefficient (Wildman–Crippen LogP) is 1.19. The molecule has 2 heterocycles. The lowest BCUT2D eigenvalue weighted by molar-refractivity contribution is -0.384. The maximum atomic E-state index is 11.1. The number of hydrogen-bond acceptors (Lipinski definition) is 7. The van der Waals surface area contributed by atoms with Gasteiger partial charge in [-0.2, -0.15) is 4.98 Å². The minimum Gasteiger partial charge on any atom is -0.342 e. The molecular weight excluding hydrogens is 260 g/mol. The molecule has 0 amide bonds. The SMILES string of the molecule is NNc1ncc([N+](=O)[O-])c(N2Cc3ccccc3C2)n1. The fraction of sp³-hybridized carbons (Fsp3) is 0.167. The number of nitrogen functional groups attached to an aromatic ring is 1. The summed E-state index contributed by atoms with van der Waals surface area (Å²) in [7, 11) is 0. The lowest BCUT2D eigenvalue weighted by Gasteiger charge is -2.16. The fourth-order valence-corrected chi connectivity index (χ4v) is 2.28. The van der Waals surface area contributed by atoms with Gasteiger partial charge in [-0.3, -0.25) is 15.5 Å². The molecular formula is C12H12N6O2. The van der Waals surface area contributed by atoms with Gasteiger partial charge < -0.3 is 4.90 Å². The molecule has 0 atom stereocenters. The highest BCUT2D eigenvalue weighted by Crippen LogP contribution is 2.32. The zero-order valence-electron chi connectivity index (χ0n) is 10.5. The van der Waals surface area contributed by atoms with Crippen molar-refractivity contribution in [3.63, 3.8) is 0 Å². The molecule has 0 aliphatic carbocycles. The van der Waals surface area contributed by atoms with Crippen LogP contribution in [0.15, 0.2) is 30.5 Å². The van der Waals surface area contributed by atoms with Crippen LogP contribution in [0.3, 0.4) is 0 Å².